The Morgan fingerprint density at radius 1 is 0.533 bits per heavy atom. The predicted octanol–water partition coefficient (Wildman–Crippen LogP) is 7.40. The first kappa shape index (κ1) is 27.9. The number of hydrogen-bond donors (Lipinski definition) is 0. The largest absolute Gasteiger partial charge is 0.497 e. The maximum absolute atomic E-state index is 14.9. The van der Waals surface area contributed by atoms with Crippen molar-refractivity contribution in [2.24, 2.45) is 0 Å². The summed E-state index contributed by atoms with van der Waals surface area (Å²) in [5.41, 5.74) is 3.75. The number of carbonyl (C=O) groups is 2. The Morgan fingerprint density at radius 3 is 1.29 bits per heavy atom. The molecule has 0 atom stereocenters. The topological polar surface area (TPSA) is 65.1 Å². The monoisotopic (exact) mass is 591 g/mol. The van der Waals surface area contributed by atoms with Crippen LogP contribution >= 0.6 is 0 Å². The van der Waals surface area contributed by atoms with Crippen molar-refractivity contribution in [1.82, 2.24) is 4.90 Å². The molecule has 0 spiro atoms. The Kier molecular flexibility index (Phi) is 7.23. The Balaban J connectivity index is 1.56. The number of nitrogens with zero attached hydrogens (tertiary/aromatic N) is 1. The predicted molar refractivity (Wildman–Crippen MR) is 173 cm³/mol. The van der Waals surface area contributed by atoms with E-state index in [9.17, 15) is 9.59 Å². The third-order valence-electron chi connectivity index (χ3n) is 8.00. The minimum atomic E-state index is -1.62. The van der Waals surface area contributed by atoms with Gasteiger partial charge in [0, 0.05) is 16.7 Å². The van der Waals surface area contributed by atoms with Crippen molar-refractivity contribution in [3.8, 4) is 5.75 Å². The highest BCUT2D eigenvalue weighted by Crippen LogP contribution is 2.48. The van der Waals surface area contributed by atoms with Crippen LogP contribution in [0.25, 0.3) is 22.7 Å². The van der Waals surface area contributed by atoms with Gasteiger partial charge in [-0.25, -0.2) is 0 Å². The standard InChI is InChI=1S/C39H29NO5/c1-43-32-24-22-31(23-25-32)39-26-40(37(41)33(27-14-6-2-7-15-27)35(44-39)29-18-10-4-11-19-29)38(42)34(28-16-8-3-9-17-28)36(45-39)30-20-12-5-13-21-30/h2-25H,26H2,1H3. The number of hydrogen-bond acceptors (Lipinski definition) is 5. The van der Waals surface area contributed by atoms with Gasteiger partial charge in [0.15, 0.2) is 0 Å². The van der Waals surface area contributed by atoms with Gasteiger partial charge >= 0.3 is 0 Å². The van der Waals surface area contributed by atoms with Crippen LogP contribution in [0.1, 0.15) is 27.8 Å². The van der Waals surface area contributed by atoms with E-state index < -0.39 is 17.6 Å². The molecule has 0 aliphatic carbocycles. The van der Waals surface area contributed by atoms with Gasteiger partial charge in [0.05, 0.1) is 18.3 Å². The van der Waals surface area contributed by atoms with Crippen LogP contribution in [0.15, 0.2) is 146 Å². The molecule has 0 unspecified atom stereocenters. The summed E-state index contributed by atoms with van der Waals surface area (Å²) in [6.45, 7) is -0.198. The van der Waals surface area contributed by atoms with E-state index in [0.29, 0.717) is 45.1 Å². The van der Waals surface area contributed by atoms with E-state index in [-0.39, 0.29) is 17.7 Å². The van der Waals surface area contributed by atoms with Crippen LogP contribution in [0.2, 0.25) is 0 Å². The number of amides is 2. The lowest BCUT2D eigenvalue weighted by molar-refractivity contribution is -0.174. The highest BCUT2D eigenvalue weighted by Gasteiger charge is 2.51. The van der Waals surface area contributed by atoms with E-state index in [1.807, 2.05) is 146 Å². The van der Waals surface area contributed by atoms with E-state index in [0.717, 1.165) is 0 Å². The first-order valence-electron chi connectivity index (χ1n) is 14.7. The average molecular weight is 592 g/mol. The molecule has 45 heavy (non-hydrogen) atoms. The van der Waals surface area contributed by atoms with Gasteiger partial charge in [0.25, 0.3) is 17.6 Å². The van der Waals surface area contributed by atoms with Crippen LogP contribution in [0.3, 0.4) is 0 Å². The zero-order valence-electron chi connectivity index (χ0n) is 24.6. The maximum Gasteiger partial charge on any atom is 0.296 e. The summed E-state index contributed by atoms with van der Waals surface area (Å²) in [5, 5.41) is 0. The number of methoxy groups -OCH3 is 1. The van der Waals surface area contributed by atoms with Crippen LogP contribution in [0.5, 0.6) is 5.75 Å². The average Bonchev–Trinajstić information content (AvgIpc) is 3.33. The molecule has 2 aliphatic heterocycles. The van der Waals surface area contributed by atoms with Crippen molar-refractivity contribution in [1.29, 1.82) is 0 Å². The van der Waals surface area contributed by atoms with E-state index in [1.54, 1.807) is 7.11 Å². The molecule has 0 fully saturated rings. The second-order valence-electron chi connectivity index (χ2n) is 10.8. The number of carbonyl (C=O) groups excluding carboxylic acids is 2. The fourth-order valence-electron chi connectivity index (χ4n) is 5.78. The zero-order valence-corrected chi connectivity index (χ0v) is 24.6. The molecule has 5 aromatic rings. The highest BCUT2D eigenvalue weighted by atomic mass is 16.7. The molecule has 5 aromatic carbocycles. The SMILES string of the molecule is COc1ccc(C23CN(C(=O)C(c4ccccc4)=C(c4ccccc4)O2)C(=O)C(c2ccccc2)=C(c2ccccc2)O3)cc1. The number of imide groups is 1. The van der Waals surface area contributed by atoms with Crippen molar-refractivity contribution in [3.63, 3.8) is 0 Å². The summed E-state index contributed by atoms with van der Waals surface area (Å²) in [6.07, 6.45) is 0. The minimum absolute atomic E-state index is 0.198. The molecular weight excluding hydrogens is 562 g/mol. The van der Waals surface area contributed by atoms with Crippen molar-refractivity contribution in [2.75, 3.05) is 13.7 Å². The van der Waals surface area contributed by atoms with E-state index in [1.165, 1.54) is 4.90 Å². The molecule has 0 N–H and O–H groups in total. The number of fused-ring (bicyclic) bond motifs is 2. The molecule has 0 aromatic heterocycles. The fraction of sp³-hybridized carbons (Fsp3) is 0.0769. The summed E-state index contributed by atoms with van der Waals surface area (Å²) in [6, 6.07) is 44.8. The molecule has 2 amide bonds. The van der Waals surface area contributed by atoms with Crippen LogP contribution in [0, 0.1) is 0 Å². The van der Waals surface area contributed by atoms with Gasteiger partial charge in [-0.05, 0) is 35.4 Å². The quantitative estimate of drug-likeness (QED) is 0.193. The summed E-state index contributed by atoms with van der Waals surface area (Å²) in [4.78, 5) is 31.0. The highest BCUT2D eigenvalue weighted by molar-refractivity contribution is 6.37. The number of benzene rings is 5. The summed E-state index contributed by atoms with van der Waals surface area (Å²) >= 11 is 0. The first-order valence-corrected chi connectivity index (χ1v) is 14.7. The molecule has 6 heteroatoms. The number of ether oxygens (including phenoxy) is 3. The fourth-order valence-corrected chi connectivity index (χ4v) is 5.78. The molecule has 0 saturated carbocycles. The van der Waals surface area contributed by atoms with Gasteiger partial charge in [-0.2, -0.15) is 0 Å². The third kappa shape index (κ3) is 5.06. The van der Waals surface area contributed by atoms with E-state index in [2.05, 4.69) is 0 Å². The van der Waals surface area contributed by atoms with Crippen molar-refractivity contribution < 1.29 is 23.8 Å². The Bertz CT molecular complexity index is 1800. The van der Waals surface area contributed by atoms with Crippen molar-refractivity contribution in [3.05, 3.63) is 173 Å². The van der Waals surface area contributed by atoms with Crippen LogP contribution in [-0.2, 0) is 24.8 Å². The molecule has 6 nitrogen and oxygen atoms in total. The van der Waals surface area contributed by atoms with Crippen LogP contribution < -0.4 is 4.74 Å². The van der Waals surface area contributed by atoms with Gasteiger partial charge in [-0.1, -0.05) is 121 Å². The zero-order chi connectivity index (χ0) is 30.8. The van der Waals surface area contributed by atoms with Gasteiger partial charge in [-0.15, -0.1) is 0 Å². The van der Waals surface area contributed by atoms with Crippen LogP contribution in [0.4, 0.5) is 0 Å². The molecule has 0 saturated heterocycles. The summed E-state index contributed by atoms with van der Waals surface area (Å²) in [7, 11) is 1.60. The molecule has 7 rings (SSSR count). The van der Waals surface area contributed by atoms with Gasteiger partial charge in [0.2, 0.25) is 0 Å². The van der Waals surface area contributed by atoms with E-state index >= 15 is 0 Å². The van der Waals surface area contributed by atoms with Crippen molar-refractivity contribution >= 4 is 34.5 Å². The maximum atomic E-state index is 14.9. The molecule has 2 aliphatic rings. The molecule has 2 bridgehead atoms. The third-order valence-corrected chi connectivity index (χ3v) is 8.00. The molecule has 220 valence electrons. The Labute approximate surface area is 261 Å². The second-order valence-corrected chi connectivity index (χ2v) is 10.8. The Morgan fingerprint density at radius 2 is 0.911 bits per heavy atom. The van der Waals surface area contributed by atoms with Gasteiger partial charge in [-0.3, -0.25) is 14.5 Å². The summed E-state index contributed by atoms with van der Waals surface area (Å²) in [5.74, 6) is -1.31. The van der Waals surface area contributed by atoms with Gasteiger partial charge < -0.3 is 14.2 Å². The first-order chi connectivity index (χ1) is 22.1. The molecular formula is C39H29NO5. The van der Waals surface area contributed by atoms with Gasteiger partial charge in [0.1, 0.15) is 23.8 Å². The lowest BCUT2D eigenvalue weighted by Crippen LogP contribution is -2.45. The molecule has 2 heterocycles. The Hall–Kier alpha value is -5.88. The lowest BCUT2D eigenvalue weighted by atomic mass is 9.97. The minimum Gasteiger partial charge on any atom is -0.497 e. The van der Waals surface area contributed by atoms with Crippen molar-refractivity contribution in [2.45, 2.75) is 5.79 Å². The lowest BCUT2D eigenvalue weighted by Gasteiger charge is -2.35. The second kappa shape index (κ2) is 11.7. The molecule has 0 radical (unpaired) electrons. The smallest absolute Gasteiger partial charge is 0.296 e. The van der Waals surface area contributed by atoms with Crippen LogP contribution in [-0.4, -0.2) is 30.4 Å². The normalized spacial score (nSPS) is 16.0. The number of rotatable bonds is 6. The summed E-state index contributed by atoms with van der Waals surface area (Å²) < 4.78 is 19.6. The van der Waals surface area contributed by atoms with E-state index in [4.69, 9.17) is 14.2 Å².